The smallest absolute Gasteiger partial charge is 0.419 e. The van der Waals surface area contributed by atoms with Gasteiger partial charge in [0.05, 0.1) is 19.2 Å². The second-order valence-electron chi connectivity index (χ2n) is 8.28. The topological polar surface area (TPSA) is 123 Å². The standard InChI is InChI=1S/C24H29N5O5/c1-3-10-29-19-9-4-16(13-21(19)34-24(29)32)26-22(30)15-28-12-11-27(14-20(28)23(25)31)17-5-7-18(33-2)8-6-17/h4-9,13,20H,3,10-12,14-15H2,1-2H3,(H2,25,31)(H,26,30)/t20-/m1/s1. The number of nitrogens with zero attached hydrogens (tertiary/aromatic N) is 3. The number of nitrogens with one attached hydrogen (secondary N) is 1. The molecule has 1 atom stereocenters. The summed E-state index contributed by atoms with van der Waals surface area (Å²) in [5, 5.41) is 2.83. The second kappa shape index (κ2) is 10.0. The first kappa shape index (κ1) is 23.4. The van der Waals surface area contributed by atoms with Crippen molar-refractivity contribution in [2.45, 2.75) is 25.9 Å². The zero-order chi connectivity index (χ0) is 24.2. The van der Waals surface area contributed by atoms with E-state index in [1.807, 2.05) is 31.2 Å². The highest BCUT2D eigenvalue weighted by atomic mass is 16.5. The molecule has 1 aliphatic rings. The first-order valence-electron chi connectivity index (χ1n) is 11.2. The Balaban J connectivity index is 1.41. The number of piperazine rings is 1. The average molecular weight is 468 g/mol. The van der Waals surface area contributed by atoms with Crippen molar-refractivity contribution < 1.29 is 18.7 Å². The van der Waals surface area contributed by atoms with Crippen LogP contribution in [0.4, 0.5) is 11.4 Å². The van der Waals surface area contributed by atoms with Crippen molar-refractivity contribution in [3.8, 4) is 5.75 Å². The molecule has 2 heterocycles. The molecular weight excluding hydrogens is 438 g/mol. The number of amides is 2. The number of oxazole rings is 1. The van der Waals surface area contributed by atoms with Crippen molar-refractivity contribution in [2.75, 3.05) is 43.5 Å². The van der Waals surface area contributed by atoms with Crippen LogP contribution in [0.2, 0.25) is 0 Å². The summed E-state index contributed by atoms with van der Waals surface area (Å²) in [6.45, 7) is 4.09. The van der Waals surface area contributed by atoms with Crippen LogP contribution in [0.15, 0.2) is 51.7 Å². The van der Waals surface area contributed by atoms with Crippen LogP contribution in [-0.2, 0) is 16.1 Å². The van der Waals surface area contributed by atoms with Crippen LogP contribution in [-0.4, -0.2) is 60.6 Å². The largest absolute Gasteiger partial charge is 0.497 e. The number of rotatable bonds is 8. The fourth-order valence-electron chi connectivity index (χ4n) is 4.27. The number of benzene rings is 2. The zero-order valence-corrected chi connectivity index (χ0v) is 19.3. The molecule has 1 aromatic heterocycles. The molecule has 4 rings (SSSR count). The number of primary amides is 1. The molecule has 10 heteroatoms. The van der Waals surface area contributed by atoms with Crippen LogP contribution >= 0.6 is 0 Å². The first-order valence-corrected chi connectivity index (χ1v) is 11.2. The van der Waals surface area contributed by atoms with E-state index in [9.17, 15) is 14.4 Å². The van der Waals surface area contributed by atoms with Crippen molar-refractivity contribution >= 4 is 34.3 Å². The van der Waals surface area contributed by atoms with Gasteiger partial charge in [-0.15, -0.1) is 0 Å². The number of methoxy groups -OCH3 is 1. The lowest BCUT2D eigenvalue weighted by molar-refractivity contribution is -0.125. The molecule has 1 saturated heterocycles. The molecule has 2 amide bonds. The molecule has 0 saturated carbocycles. The Morgan fingerprint density at radius 3 is 2.62 bits per heavy atom. The SMILES string of the molecule is CCCn1c(=O)oc2cc(NC(=O)CN3CCN(c4ccc(OC)cc4)C[C@@H]3C(N)=O)ccc21. The van der Waals surface area contributed by atoms with Gasteiger partial charge >= 0.3 is 5.76 Å². The van der Waals surface area contributed by atoms with Crippen LogP contribution in [0, 0.1) is 0 Å². The maximum atomic E-state index is 12.8. The number of anilines is 2. The van der Waals surface area contributed by atoms with Gasteiger partial charge in [0, 0.05) is 43.6 Å². The molecule has 180 valence electrons. The fraction of sp³-hybridized carbons (Fsp3) is 0.375. The van der Waals surface area contributed by atoms with Gasteiger partial charge in [0.2, 0.25) is 11.8 Å². The summed E-state index contributed by atoms with van der Waals surface area (Å²) in [5.41, 5.74) is 8.25. The van der Waals surface area contributed by atoms with Gasteiger partial charge in [0.1, 0.15) is 11.8 Å². The molecule has 0 bridgehead atoms. The Morgan fingerprint density at radius 1 is 1.18 bits per heavy atom. The number of hydrogen-bond acceptors (Lipinski definition) is 7. The number of hydrogen-bond donors (Lipinski definition) is 2. The monoisotopic (exact) mass is 467 g/mol. The zero-order valence-electron chi connectivity index (χ0n) is 19.3. The molecule has 0 radical (unpaired) electrons. The Hall–Kier alpha value is -3.79. The molecule has 2 aromatic carbocycles. The van der Waals surface area contributed by atoms with Crippen LogP contribution in [0.1, 0.15) is 13.3 Å². The van der Waals surface area contributed by atoms with Crippen LogP contribution in [0.5, 0.6) is 5.75 Å². The quantitative estimate of drug-likeness (QED) is 0.516. The number of aryl methyl sites for hydroxylation is 1. The molecule has 0 unspecified atom stereocenters. The molecule has 0 spiro atoms. The lowest BCUT2D eigenvalue weighted by Crippen LogP contribution is -2.59. The molecule has 34 heavy (non-hydrogen) atoms. The summed E-state index contributed by atoms with van der Waals surface area (Å²) >= 11 is 0. The Bertz CT molecular complexity index is 1230. The van der Waals surface area contributed by atoms with E-state index in [1.54, 1.807) is 34.8 Å². The van der Waals surface area contributed by atoms with E-state index < -0.39 is 17.7 Å². The molecule has 10 nitrogen and oxygen atoms in total. The fourth-order valence-corrected chi connectivity index (χ4v) is 4.27. The van der Waals surface area contributed by atoms with Gasteiger partial charge in [-0.1, -0.05) is 6.92 Å². The number of nitrogens with two attached hydrogens (primary N) is 1. The third-order valence-electron chi connectivity index (χ3n) is 6.00. The third kappa shape index (κ3) is 4.91. The Morgan fingerprint density at radius 2 is 1.94 bits per heavy atom. The Kier molecular flexibility index (Phi) is 6.87. The number of carbonyl (C=O) groups is 2. The molecular formula is C24H29N5O5. The average Bonchev–Trinajstić information content (AvgIpc) is 3.13. The molecule has 0 aliphatic carbocycles. The van der Waals surface area contributed by atoms with Crippen molar-refractivity contribution in [3.05, 3.63) is 53.0 Å². The van der Waals surface area contributed by atoms with Gasteiger partial charge in [0.15, 0.2) is 5.58 Å². The lowest BCUT2D eigenvalue weighted by Gasteiger charge is -2.40. The number of aromatic nitrogens is 1. The van der Waals surface area contributed by atoms with E-state index >= 15 is 0 Å². The van der Waals surface area contributed by atoms with E-state index in [2.05, 4.69) is 10.2 Å². The minimum atomic E-state index is -0.606. The molecule has 3 aromatic rings. The summed E-state index contributed by atoms with van der Waals surface area (Å²) in [5.74, 6) is -0.422. The highest BCUT2D eigenvalue weighted by Crippen LogP contribution is 2.23. The van der Waals surface area contributed by atoms with E-state index in [4.69, 9.17) is 14.9 Å². The number of ether oxygens (including phenoxy) is 1. The van der Waals surface area contributed by atoms with Crippen molar-refractivity contribution in [2.24, 2.45) is 5.73 Å². The van der Waals surface area contributed by atoms with Crippen LogP contribution in [0.25, 0.3) is 11.1 Å². The van der Waals surface area contributed by atoms with Gasteiger partial charge in [-0.2, -0.15) is 0 Å². The summed E-state index contributed by atoms with van der Waals surface area (Å²) in [4.78, 5) is 40.8. The number of carbonyl (C=O) groups excluding carboxylic acids is 2. The molecule has 3 N–H and O–H groups in total. The van der Waals surface area contributed by atoms with E-state index in [0.717, 1.165) is 17.9 Å². The maximum absolute atomic E-state index is 12.8. The molecule has 1 aliphatic heterocycles. The van der Waals surface area contributed by atoms with Gasteiger partial charge in [-0.05, 0) is 42.8 Å². The Labute approximate surface area is 196 Å². The second-order valence-corrected chi connectivity index (χ2v) is 8.28. The highest BCUT2D eigenvalue weighted by Gasteiger charge is 2.32. The number of fused-ring (bicyclic) bond motifs is 1. The predicted molar refractivity (Wildman–Crippen MR) is 129 cm³/mol. The van der Waals surface area contributed by atoms with Crippen molar-refractivity contribution in [1.82, 2.24) is 9.47 Å². The summed E-state index contributed by atoms with van der Waals surface area (Å²) in [7, 11) is 1.61. The summed E-state index contributed by atoms with van der Waals surface area (Å²) in [6, 6.07) is 12.1. The van der Waals surface area contributed by atoms with Crippen LogP contribution < -0.4 is 26.4 Å². The van der Waals surface area contributed by atoms with Gasteiger partial charge < -0.3 is 25.1 Å². The van der Waals surface area contributed by atoms with Gasteiger partial charge in [0.25, 0.3) is 0 Å². The summed E-state index contributed by atoms with van der Waals surface area (Å²) in [6.07, 6.45) is 0.805. The highest BCUT2D eigenvalue weighted by molar-refractivity contribution is 5.94. The van der Waals surface area contributed by atoms with Gasteiger partial charge in [-0.25, -0.2) is 4.79 Å². The normalized spacial score (nSPS) is 16.5. The van der Waals surface area contributed by atoms with Gasteiger partial charge in [-0.3, -0.25) is 19.1 Å². The van der Waals surface area contributed by atoms with E-state index in [0.29, 0.717) is 43.0 Å². The predicted octanol–water partition coefficient (Wildman–Crippen LogP) is 1.63. The molecule has 1 fully saturated rings. The maximum Gasteiger partial charge on any atom is 0.419 e. The minimum Gasteiger partial charge on any atom is -0.497 e. The third-order valence-corrected chi connectivity index (χ3v) is 6.00. The van der Waals surface area contributed by atoms with E-state index in [-0.39, 0.29) is 12.5 Å². The van der Waals surface area contributed by atoms with Crippen molar-refractivity contribution in [1.29, 1.82) is 0 Å². The first-order chi connectivity index (χ1) is 16.4. The van der Waals surface area contributed by atoms with Crippen LogP contribution in [0.3, 0.4) is 0 Å². The minimum absolute atomic E-state index is 0.0168. The van der Waals surface area contributed by atoms with Crippen molar-refractivity contribution in [3.63, 3.8) is 0 Å². The van der Waals surface area contributed by atoms with E-state index in [1.165, 1.54) is 0 Å². The summed E-state index contributed by atoms with van der Waals surface area (Å²) < 4.78 is 12.1. The lowest BCUT2D eigenvalue weighted by atomic mass is 10.1.